The van der Waals surface area contributed by atoms with Crippen LogP contribution in [0.5, 0.6) is 5.75 Å². The topological polar surface area (TPSA) is 65.0 Å². The summed E-state index contributed by atoms with van der Waals surface area (Å²) < 4.78 is 5.30. The molecule has 1 aromatic carbocycles. The van der Waals surface area contributed by atoms with E-state index in [9.17, 15) is 9.90 Å². The molecule has 2 rings (SSSR count). The molecular formula is C19H31N3O3. The number of nitrogens with one attached hydrogen (secondary N) is 1. The van der Waals surface area contributed by atoms with Crippen LogP contribution in [-0.4, -0.2) is 67.4 Å². The zero-order chi connectivity index (χ0) is 18.4. The number of rotatable bonds is 5. The zero-order valence-corrected chi connectivity index (χ0v) is 15.8. The van der Waals surface area contributed by atoms with Crippen LogP contribution in [0.4, 0.5) is 4.79 Å². The molecule has 25 heavy (non-hydrogen) atoms. The Balaban J connectivity index is 1.97. The fraction of sp³-hybridized carbons (Fsp3) is 0.632. The summed E-state index contributed by atoms with van der Waals surface area (Å²) in [5, 5.41) is 13.2. The van der Waals surface area contributed by atoms with Crippen molar-refractivity contribution < 1.29 is 14.6 Å². The Morgan fingerprint density at radius 1 is 1.40 bits per heavy atom. The molecule has 1 fully saturated rings. The van der Waals surface area contributed by atoms with Gasteiger partial charge in [-0.1, -0.05) is 12.1 Å². The first-order valence-corrected chi connectivity index (χ1v) is 8.88. The Morgan fingerprint density at radius 3 is 2.84 bits per heavy atom. The van der Waals surface area contributed by atoms with Gasteiger partial charge in [-0.2, -0.15) is 0 Å². The summed E-state index contributed by atoms with van der Waals surface area (Å²) in [4.78, 5) is 16.4. The molecular weight excluding hydrogens is 318 g/mol. The Hall–Kier alpha value is -1.79. The molecule has 1 aliphatic heterocycles. The van der Waals surface area contributed by atoms with Crippen LogP contribution in [0.15, 0.2) is 24.3 Å². The SMILES string of the molecule is COc1cccc([C@H](CNC(=O)N2CCC[C@](C)(O)CC2)N(C)C)c1. The smallest absolute Gasteiger partial charge is 0.317 e. The van der Waals surface area contributed by atoms with E-state index in [1.807, 2.05) is 45.3 Å². The lowest BCUT2D eigenvalue weighted by atomic mass is 9.98. The molecule has 2 atom stereocenters. The van der Waals surface area contributed by atoms with Crippen LogP contribution < -0.4 is 10.1 Å². The number of nitrogens with zero attached hydrogens (tertiary/aromatic N) is 2. The fourth-order valence-electron chi connectivity index (χ4n) is 3.21. The van der Waals surface area contributed by atoms with E-state index < -0.39 is 5.60 Å². The summed E-state index contributed by atoms with van der Waals surface area (Å²) in [6.45, 7) is 3.64. The van der Waals surface area contributed by atoms with Crippen molar-refractivity contribution in [2.75, 3.05) is 40.8 Å². The number of urea groups is 1. The van der Waals surface area contributed by atoms with Crippen LogP contribution in [0.2, 0.25) is 0 Å². The van der Waals surface area contributed by atoms with Gasteiger partial charge in [-0.15, -0.1) is 0 Å². The number of amides is 2. The summed E-state index contributed by atoms with van der Waals surface area (Å²) in [5.41, 5.74) is 0.436. The number of ether oxygens (including phenoxy) is 1. The first-order chi connectivity index (χ1) is 11.8. The van der Waals surface area contributed by atoms with E-state index in [0.717, 1.165) is 24.2 Å². The molecule has 0 spiro atoms. The normalized spacial score (nSPS) is 22.4. The van der Waals surface area contributed by atoms with Gasteiger partial charge in [0.1, 0.15) is 5.75 Å². The molecule has 0 aliphatic carbocycles. The van der Waals surface area contributed by atoms with Gasteiger partial charge < -0.3 is 25.0 Å². The van der Waals surface area contributed by atoms with Crippen molar-refractivity contribution >= 4 is 6.03 Å². The maximum atomic E-state index is 12.5. The second kappa shape index (κ2) is 8.54. The van der Waals surface area contributed by atoms with Gasteiger partial charge in [0.2, 0.25) is 0 Å². The van der Waals surface area contributed by atoms with Crippen molar-refractivity contribution in [3.05, 3.63) is 29.8 Å². The summed E-state index contributed by atoms with van der Waals surface area (Å²) in [6.07, 6.45) is 2.18. The molecule has 0 unspecified atom stereocenters. The van der Waals surface area contributed by atoms with Gasteiger partial charge in [-0.05, 0) is 58.0 Å². The number of benzene rings is 1. The van der Waals surface area contributed by atoms with E-state index in [1.165, 1.54) is 0 Å². The van der Waals surface area contributed by atoms with Gasteiger partial charge in [-0.25, -0.2) is 4.79 Å². The van der Waals surface area contributed by atoms with E-state index in [4.69, 9.17) is 4.74 Å². The molecule has 2 amide bonds. The van der Waals surface area contributed by atoms with Crippen LogP contribution in [-0.2, 0) is 0 Å². The third kappa shape index (κ3) is 5.61. The molecule has 1 heterocycles. The molecule has 140 valence electrons. The first kappa shape index (κ1) is 19.5. The number of likely N-dealkylation sites (tertiary alicyclic amines) is 1. The Kier molecular flexibility index (Phi) is 6.67. The van der Waals surface area contributed by atoms with Crippen LogP contribution >= 0.6 is 0 Å². The van der Waals surface area contributed by atoms with Gasteiger partial charge in [0, 0.05) is 19.6 Å². The van der Waals surface area contributed by atoms with Gasteiger partial charge in [0.25, 0.3) is 0 Å². The second-order valence-electron chi connectivity index (χ2n) is 7.28. The molecule has 1 saturated heterocycles. The Bertz CT molecular complexity index is 575. The lowest BCUT2D eigenvalue weighted by Gasteiger charge is -2.28. The molecule has 6 heteroatoms. The van der Waals surface area contributed by atoms with Crippen molar-refractivity contribution in [1.29, 1.82) is 0 Å². The number of hydrogen-bond donors (Lipinski definition) is 2. The van der Waals surface area contributed by atoms with E-state index in [-0.39, 0.29) is 12.1 Å². The van der Waals surface area contributed by atoms with Gasteiger partial charge in [0.15, 0.2) is 0 Å². The Morgan fingerprint density at radius 2 is 2.16 bits per heavy atom. The quantitative estimate of drug-likeness (QED) is 0.856. The van der Waals surface area contributed by atoms with Crippen LogP contribution in [0, 0.1) is 0 Å². The second-order valence-corrected chi connectivity index (χ2v) is 7.28. The lowest BCUT2D eigenvalue weighted by molar-refractivity contribution is 0.0456. The van der Waals surface area contributed by atoms with E-state index in [1.54, 1.807) is 12.0 Å². The molecule has 6 nitrogen and oxygen atoms in total. The molecule has 0 aromatic heterocycles. The van der Waals surface area contributed by atoms with E-state index in [0.29, 0.717) is 26.1 Å². The minimum atomic E-state index is -0.665. The van der Waals surface area contributed by atoms with E-state index >= 15 is 0 Å². The number of methoxy groups -OCH3 is 1. The van der Waals surface area contributed by atoms with Crippen molar-refractivity contribution in [2.45, 2.75) is 37.8 Å². The summed E-state index contributed by atoms with van der Waals surface area (Å²) in [5.74, 6) is 0.811. The summed E-state index contributed by atoms with van der Waals surface area (Å²) >= 11 is 0. The summed E-state index contributed by atoms with van der Waals surface area (Å²) in [6, 6.07) is 7.92. The third-order valence-electron chi connectivity index (χ3n) is 4.90. The Labute approximate surface area is 150 Å². The van der Waals surface area contributed by atoms with Crippen molar-refractivity contribution in [1.82, 2.24) is 15.1 Å². The fourth-order valence-corrected chi connectivity index (χ4v) is 3.21. The highest BCUT2D eigenvalue weighted by Crippen LogP contribution is 2.23. The van der Waals surface area contributed by atoms with Gasteiger partial charge in [0.05, 0.1) is 18.8 Å². The van der Waals surface area contributed by atoms with Crippen molar-refractivity contribution in [3.8, 4) is 5.75 Å². The predicted octanol–water partition coefficient (Wildman–Crippen LogP) is 2.24. The third-order valence-corrected chi connectivity index (χ3v) is 4.90. The van der Waals surface area contributed by atoms with E-state index in [2.05, 4.69) is 10.2 Å². The summed E-state index contributed by atoms with van der Waals surface area (Å²) in [7, 11) is 5.65. The highest BCUT2D eigenvalue weighted by atomic mass is 16.5. The molecule has 1 aliphatic rings. The number of carbonyl (C=O) groups excluding carboxylic acids is 1. The first-order valence-electron chi connectivity index (χ1n) is 8.88. The molecule has 0 saturated carbocycles. The molecule has 0 bridgehead atoms. The number of aliphatic hydroxyl groups is 1. The number of likely N-dealkylation sites (N-methyl/N-ethyl adjacent to an activating group) is 1. The average Bonchev–Trinajstić information content (AvgIpc) is 2.75. The molecule has 1 aromatic rings. The van der Waals surface area contributed by atoms with Crippen LogP contribution in [0.3, 0.4) is 0 Å². The minimum Gasteiger partial charge on any atom is -0.497 e. The zero-order valence-electron chi connectivity index (χ0n) is 15.8. The monoisotopic (exact) mass is 349 g/mol. The van der Waals surface area contributed by atoms with Crippen LogP contribution in [0.25, 0.3) is 0 Å². The number of carbonyl (C=O) groups is 1. The largest absolute Gasteiger partial charge is 0.497 e. The van der Waals surface area contributed by atoms with Crippen LogP contribution in [0.1, 0.15) is 37.8 Å². The molecule has 0 radical (unpaired) electrons. The maximum absolute atomic E-state index is 12.5. The number of hydrogen-bond acceptors (Lipinski definition) is 4. The lowest BCUT2D eigenvalue weighted by Crippen LogP contribution is -2.44. The van der Waals surface area contributed by atoms with Gasteiger partial charge >= 0.3 is 6.03 Å². The standard InChI is InChI=1S/C19H31N3O3/c1-19(24)9-6-11-22(12-10-19)18(23)20-14-17(21(2)3)15-7-5-8-16(13-15)25-4/h5,7-8,13,17,24H,6,9-12,14H2,1-4H3,(H,20,23)/t17-,19-/m0/s1. The van der Waals surface area contributed by atoms with Crippen molar-refractivity contribution in [3.63, 3.8) is 0 Å². The van der Waals surface area contributed by atoms with Crippen molar-refractivity contribution in [2.24, 2.45) is 0 Å². The van der Waals surface area contributed by atoms with Gasteiger partial charge in [-0.3, -0.25) is 0 Å². The molecule has 2 N–H and O–H groups in total. The highest BCUT2D eigenvalue weighted by Gasteiger charge is 2.27. The minimum absolute atomic E-state index is 0.0625. The maximum Gasteiger partial charge on any atom is 0.317 e. The predicted molar refractivity (Wildman–Crippen MR) is 98.9 cm³/mol. The highest BCUT2D eigenvalue weighted by molar-refractivity contribution is 5.74. The average molecular weight is 349 g/mol.